The van der Waals surface area contributed by atoms with Crippen LogP contribution in [-0.4, -0.2) is 22.0 Å². The molecule has 1 heterocycles. The van der Waals surface area contributed by atoms with Gasteiger partial charge in [0.05, 0.1) is 23.8 Å². The number of H-pyrrole nitrogens is 1. The number of rotatable bonds is 7. The number of hydrogen-bond acceptors (Lipinski definition) is 4. The number of nitrogens with one attached hydrogen (secondary N) is 2. The first kappa shape index (κ1) is 31.4. The molecule has 3 aromatic rings. The average Bonchev–Trinajstić information content (AvgIpc) is 2.89. The fourth-order valence-electron chi connectivity index (χ4n) is 4.67. The summed E-state index contributed by atoms with van der Waals surface area (Å²) < 4.78 is 115. The van der Waals surface area contributed by atoms with Gasteiger partial charge in [0.1, 0.15) is 17.5 Å². The molecule has 0 aliphatic heterocycles. The number of aromatic nitrogens is 2. The molecule has 2 aromatic carbocycles. The van der Waals surface area contributed by atoms with Gasteiger partial charge in [-0.15, -0.1) is 0 Å². The zero-order valence-electron chi connectivity index (χ0n) is 21.4. The van der Waals surface area contributed by atoms with Crippen LogP contribution >= 0.6 is 11.6 Å². The van der Waals surface area contributed by atoms with E-state index in [9.17, 15) is 40.3 Å². The van der Waals surface area contributed by atoms with Crippen LogP contribution in [0.5, 0.6) is 0 Å². The van der Waals surface area contributed by atoms with Gasteiger partial charge in [0, 0.05) is 29.1 Å². The fourth-order valence-corrected chi connectivity index (χ4v) is 4.92. The Morgan fingerprint density at radius 1 is 1.00 bits per heavy atom. The number of ether oxygens (including phenoxy) is 1. The summed E-state index contributed by atoms with van der Waals surface area (Å²) in [6.07, 6.45) is -8.86. The Bertz CT molecular complexity index is 1500. The van der Waals surface area contributed by atoms with E-state index in [1.54, 1.807) is 11.1 Å². The average molecular weight is 624 g/mol. The predicted molar refractivity (Wildman–Crippen MR) is 134 cm³/mol. The minimum absolute atomic E-state index is 0.0373. The van der Waals surface area contributed by atoms with Crippen molar-refractivity contribution in [2.75, 3.05) is 0 Å². The number of nitrogens with zero attached hydrogens (tertiary/aromatic N) is 1. The number of alkyl halides is 6. The lowest BCUT2D eigenvalue weighted by Gasteiger charge is -2.28. The second kappa shape index (κ2) is 12.4. The highest BCUT2D eigenvalue weighted by atomic mass is 35.5. The van der Waals surface area contributed by atoms with Crippen molar-refractivity contribution in [1.82, 2.24) is 15.3 Å². The molecule has 1 aromatic heterocycles. The van der Waals surface area contributed by atoms with E-state index in [4.69, 9.17) is 16.3 Å². The van der Waals surface area contributed by atoms with E-state index < -0.39 is 76.1 Å². The highest BCUT2D eigenvalue weighted by Gasteiger charge is 2.39. The summed E-state index contributed by atoms with van der Waals surface area (Å²) in [5.41, 5.74) is -6.19. The van der Waals surface area contributed by atoms with Crippen LogP contribution in [0.3, 0.4) is 0 Å². The van der Waals surface area contributed by atoms with Crippen molar-refractivity contribution >= 4 is 17.5 Å². The smallest absolute Gasteiger partial charge is 0.374 e. The molecule has 0 unspecified atom stereocenters. The first-order valence-corrected chi connectivity index (χ1v) is 12.9. The highest BCUT2D eigenvalue weighted by molar-refractivity contribution is 6.30. The number of carbonyl (C=O) groups is 1. The van der Waals surface area contributed by atoms with Gasteiger partial charge in [-0.2, -0.15) is 26.3 Å². The lowest BCUT2D eigenvalue weighted by molar-refractivity contribution is -0.141. The summed E-state index contributed by atoms with van der Waals surface area (Å²) in [4.78, 5) is 29.2. The molecule has 4 rings (SSSR count). The summed E-state index contributed by atoms with van der Waals surface area (Å²) in [6, 6.07) is 5.24. The van der Waals surface area contributed by atoms with Gasteiger partial charge in [0.2, 0.25) is 5.91 Å². The highest BCUT2D eigenvalue weighted by Crippen LogP contribution is 2.39. The Morgan fingerprint density at radius 3 is 2.31 bits per heavy atom. The van der Waals surface area contributed by atoms with Crippen molar-refractivity contribution < 1.29 is 44.7 Å². The maximum atomic E-state index is 15.4. The summed E-state index contributed by atoms with van der Waals surface area (Å²) in [5, 5.41) is 2.68. The second-order valence-corrected chi connectivity index (χ2v) is 10.2. The monoisotopic (exact) mass is 623 g/mol. The number of aromatic amines is 1. The third-order valence-corrected chi connectivity index (χ3v) is 6.92. The van der Waals surface area contributed by atoms with Crippen LogP contribution in [0.2, 0.25) is 5.02 Å². The zero-order valence-corrected chi connectivity index (χ0v) is 22.2. The van der Waals surface area contributed by atoms with Gasteiger partial charge < -0.3 is 15.0 Å². The number of halogens is 9. The molecule has 0 saturated heterocycles. The summed E-state index contributed by atoms with van der Waals surface area (Å²) in [7, 11) is 0. The third-order valence-electron chi connectivity index (χ3n) is 6.70. The van der Waals surface area contributed by atoms with Gasteiger partial charge in [0.15, 0.2) is 5.69 Å². The Labute approximate surface area is 238 Å². The Balaban J connectivity index is 1.44. The van der Waals surface area contributed by atoms with Crippen molar-refractivity contribution in [1.29, 1.82) is 0 Å². The molecule has 1 amide bonds. The molecule has 1 fully saturated rings. The Morgan fingerprint density at radius 2 is 1.69 bits per heavy atom. The maximum absolute atomic E-state index is 15.4. The quantitative estimate of drug-likeness (QED) is 0.284. The second-order valence-electron chi connectivity index (χ2n) is 9.72. The molecule has 6 nitrogen and oxygen atoms in total. The molecule has 2 N–H and O–H groups in total. The minimum atomic E-state index is -5.20. The van der Waals surface area contributed by atoms with Crippen molar-refractivity contribution in [3.8, 4) is 11.4 Å². The molecular formula is C27H22ClF8N3O3. The van der Waals surface area contributed by atoms with Crippen LogP contribution in [-0.2, 0) is 35.0 Å². The Kier molecular flexibility index (Phi) is 9.26. The SMILES string of the molecule is O=c1cc(C(F)(F)F)nc(-c2c(C(F)(F)F)ccc(CNC(=O)[C@H]3CC[C@H](OCc4cc(F)cc(Cl)c4)CC3)c2F)[nH]1. The van der Waals surface area contributed by atoms with E-state index in [-0.39, 0.29) is 23.8 Å². The zero-order chi connectivity index (χ0) is 30.8. The Hall–Kier alpha value is -3.52. The predicted octanol–water partition coefficient (Wildman–Crippen LogP) is 6.80. The molecule has 226 valence electrons. The molecule has 0 radical (unpaired) electrons. The lowest BCUT2D eigenvalue weighted by atomic mass is 9.86. The maximum Gasteiger partial charge on any atom is 0.433 e. The third kappa shape index (κ3) is 7.65. The van der Waals surface area contributed by atoms with E-state index in [2.05, 4.69) is 10.3 Å². The summed E-state index contributed by atoms with van der Waals surface area (Å²) in [5.74, 6) is -4.37. The van der Waals surface area contributed by atoms with E-state index in [0.29, 0.717) is 37.3 Å². The van der Waals surface area contributed by atoms with Crippen LogP contribution in [0.1, 0.15) is 48.1 Å². The molecule has 1 aliphatic rings. The van der Waals surface area contributed by atoms with Crippen LogP contribution in [0.25, 0.3) is 11.4 Å². The molecule has 1 saturated carbocycles. The van der Waals surface area contributed by atoms with E-state index in [1.807, 2.05) is 0 Å². The van der Waals surface area contributed by atoms with E-state index in [0.717, 1.165) is 12.1 Å². The molecule has 15 heteroatoms. The standard InChI is InChI=1S/C27H22ClF8N3O3/c28-16-7-13(8-17(29)9-16)12-42-18-4-1-14(2-5-18)25(41)37-11-15-3-6-19(26(31,32)33)22(23(15)30)24-38-20(27(34,35)36)10-21(40)39-24/h3,6-10,14,18H,1-2,4-5,11-12H2,(H,37,41)(H,38,39,40)/t14-,18-. The van der Waals surface area contributed by atoms with Crippen molar-refractivity contribution in [2.45, 2.75) is 57.3 Å². The first-order valence-electron chi connectivity index (χ1n) is 12.5. The number of benzene rings is 2. The van der Waals surface area contributed by atoms with Crippen molar-refractivity contribution in [3.05, 3.63) is 85.8 Å². The van der Waals surface area contributed by atoms with Crippen molar-refractivity contribution in [3.63, 3.8) is 0 Å². The van der Waals surface area contributed by atoms with Crippen LogP contribution < -0.4 is 10.9 Å². The van der Waals surface area contributed by atoms with E-state index in [1.165, 1.54) is 6.07 Å². The van der Waals surface area contributed by atoms with Gasteiger partial charge in [-0.3, -0.25) is 9.59 Å². The molecule has 1 aliphatic carbocycles. The summed E-state index contributed by atoms with van der Waals surface area (Å²) in [6.45, 7) is -0.462. The lowest BCUT2D eigenvalue weighted by Crippen LogP contribution is -2.34. The number of hydrogen-bond donors (Lipinski definition) is 2. The van der Waals surface area contributed by atoms with Gasteiger partial charge >= 0.3 is 12.4 Å². The van der Waals surface area contributed by atoms with Crippen molar-refractivity contribution in [2.24, 2.45) is 5.92 Å². The molecule has 42 heavy (non-hydrogen) atoms. The van der Waals surface area contributed by atoms with Gasteiger partial charge in [-0.1, -0.05) is 17.7 Å². The summed E-state index contributed by atoms with van der Waals surface area (Å²) >= 11 is 5.83. The van der Waals surface area contributed by atoms with Gasteiger partial charge in [-0.05, 0) is 55.5 Å². The van der Waals surface area contributed by atoms with Crippen LogP contribution in [0.15, 0.2) is 41.2 Å². The topological polar surface area (TPSA) is 84.1 Å². The van der Waals surface area contributed by atoms with E-state index >= 15 is 4.39 Å². The minimum Gasteiger partial charge on any atom is -0.374 e. The fraction of sp³-hybridized carbons (Fsp3) is 0.370. The van der Waals surface area contributed by atoms with Crippen LogP contribution in [0.4, 0.5) is 35.1 Å². The molecular weight excluding hydrogens is 602 g/mol. The molecule has 0 atom stereocenters. The van der Waals surface area contributed by atoms with Crippen LogP contribution in [0, 0.1) is 17.6 Å². The largest absolute Gasteiger partial charge is 0.433 e. The molecule has 0 spiro atoms. The first-order chi connectivity index (χ1) is 19.6. The number of amides is 1. The number of carbonyl (C=O) groups excluding carboxylic acids is 1. The normalized spacial score (nSPS) is 17.7. The van der Waals surface area contributed by atoms with Gasteiger partial charge in [-0.25, -0.2) is 13.8 Å². The molecule has 0 bridgehead atoms. The van der Waals surface area contributed by atoms with Gasteiger partial charge in [0.25, 0.3) is 5.56 Å².